The molecule has 21 heavy (non-hydrogen) atoms. The van der Waals surface area contributed by atoms with Crippen LogP contribution in [0.2, 0.25) is 0 Å². The zero-order valence-electron chi connectivity index (χ0n) is 12.2. The van der Waals surface area contributed by atoms with E-state index in [-0.39, 0.29) is 0 Å². The second-order valence-corrected chi connectivity index (χ2v) is 5.03. The number of aryl methyl sites for hydroxylation is 2. The van der Waals surface area contributed by atoms with Crippen molar-refractivity contribution in [1.29, 1.82) is 0 Å². The summed E-state index contributed by atoms with van der Waals surface area (Å²) in [6.07, 6.45) is 3.92. The summed E-state index contributed by atoms with van der Waals surface area (Å²) in [6.45, 7) is 5.40. The van der Waals surface area contributed by atoms with Gasteiger partial charge in [0.15, 0.2) is 0 Å². The van der Waals surface area contributed by atoms with E-state index in [9.17, 15) is 0 Å². The van der Waals surface area contributed by atoms with Gasteiger partial charge in [0.2, 0.25) is 0 Å². The van der Waals surface area contributed by atoms with Gasteiger partial charge >= 0.3 is 0 Å². The summed E-state index contributed by atoms with van der Waals surface area (Å²) in [7, 11) is 0. The third-order valence-corrected chi connectivity index (χ3v) is 3.47. The molecule has 0 spiro atoms. The van der Waals surface area contributed by atoms with E-state index in [0.717, 1.165) is 41.4 Å². The number of rotatable bonds is 5. The molecular formula is C16H18N4O. The number of nitrogens with zero attached hydrogens (tertiary/aromatic N) is 3. The highest BCUT2D eigenvalue weighted by molar-refractivity contribution is 5.30. The zero-order chi connectivity index (χ0) is 14.7. The van der Waals surface area contributed by atoms with E-state index in [0.29, 0.717) is 0 Å². The molecule has 3 aromatic rings. The standard InChI is InChI=1S/C16H18N4O/c1-12-16(13(2)21-19-12)10-17-8-14-9-18-20(11-14)15-6-4-3-5-7-15/h3-7,9,11,17H,8,10H2,1-2H3. The molecule has 3 rings (SSSR count). The Balaban J connectivity index is 1.61. The Morgan fingerprint density at radius 1 is 1.14 bits per heavy atom. The SMILES string of the molecule is Cc1noc(C)c1CNCc1cnn(-c2ccccc2)c1. The molecule has 0 radical (unpaired) electrons. The van der Waals surface area contributed by atoms with Crippen molar-refractivity contribution in [3.8, 4) is 5.69 Å². The molecule has 0 fully saturated rings. The van der Waals surface area contributed by atoms with E-state index in [4.69, 9.17) is 4.52 Å². The van der Waals surface area contributed by atoms with Crippen LogP contribution in [0.3, 0.4) is 0 Å². The van der Waals surface area contributed by atoms with Crippen LogP contribution in [0.25, 0.3) is 5.69 Å². The van der Waals surface area contributed by atoms with E-state index < -0.39 is 0 Å². The molecule has 0 aliphatic rings. The largest absolute Gasteiger partial charge is 0.361 e. The van der Waals surface area contributed by atoms with E-state index in [2.05, 4.69) is 15.6 Å². The van der Waals surface area contributed by atoms with Crippen molar-refractivity contribution in [2.75, 3.05) is 0 Å². The second kappa shape index (κ2) is 5.93. The first kappa shape index (κ1) is 13.6. The van der Waals surface area contributed by atoms with Gasteiger partial charge in [0.05, 0.1) is 17.6 Å². The summed E-state index contributed by atoms with van der Waals surface area (Å²) in [5.41, 5.74) is 4.28. The molecule has 1 aromatic carbocycles. The van der Waals surface area contributed by atoms with Gasteiger partial charge in [-0.1, -0.05) is 23.4 Å². The van der Waals surface area contributed by atoms with Gasteiger partial charge in [0.1, 0.15) is 5.76 Å². The summed E-state index contributed by atoms with van der Waals surface area (Å²) in [5.74, 6) is 0.875. The van der Waals surface area contributed by atoms with Crippen LogP contribution in [-0.4, -0.2) is 14.9 Å². The molecule has 0 saturated heterocycles. The Morgan fingerprint density at radius 2 is 1.95 bits per heavy atom. The molecule has 2 heterocycles. The molecule has 5 heteroatoms. The fourth-order valence-electron chi connectivity index (χ4n) is 2.26. The van der Waals surface area contributed by atoms with Crippen molar-refractivity contribution >= 4 is 0 Å². The van der Waals surface area contributed by atoms with Crippen molar-refractivity contribution < 1.29 is 4.52 Å². The van der Waals surface area contributed by atoms with Gasteiger partial charge in [-0.05, 0) is 26.0 Å². The lowest BCUT2D eigenvalue weighted by Gasteiger charge is -2.02. The summed E-state index contributed by atoms with van der Waals surface area (Å²) in [4.78, 5) is 0. The highest BCUT2D eigenvalue weighted by Gasteiger charge is 2.08. The summed E-state index contributed by atoms with van der Waals surface area (Å²) in [6, 6.07) is 10.1. The van der Waals surface area contributed by atoms with Crippen LogP contribution in [0, 0.1) is 13.8 Å². The topological polar surface area (TPSA) is 55.9 Å². The van der Waals surface area contributed by atoms with Gasteiger partial charge in [-0.15, -0.1) is 0 Å². The Morgan fingerprint density at radius 3 is 2.67 bits per heavy atom. The normalized spacial score (nSPS) is 11.0. The fourth-order valence-corrected chi connectivity index (χ4v) is 2.26. The number of para-hydroxylation sites is 1. The molecule has 108 valence electrons. The average Bonchev–Trinajstić information content (AvgIpc) is 3.10. The molecule has 0 aliphatic carbocycles. The first-order valence-electron chi connectivity index (χ1n) is 6.95. The number of nitrogens with one attached hydrogen (secondary N) is 1. The minimum atomic E-state index is 0.748. The molecule has 0 unspecified atom stereocenters. The Labute approximate surface area is 123 Å². The molecule has 0 amide bonds. The van der Waals surface area contributed by atoms with Crippen LogP contribution in [0.5, 0.6) is 0 Å². The minimum absolute atomic E-state index is 0.748. The molecular weight excluding hydrogens is 264 g/mol. The zero-order valence-corrected chi connectivity index (χ0v) is 12.2. The minimum Gasteiger partial charge on any atom is -0.361 e. The van der Waals surface area contributed by atoms with Crippen LogP contribution in [0.4, 0.5) is 0 Å². The molecule has 1 N–H and O–H groups in total. The van der Waals surface area contributed by atoms with Crippen molar-refractivity contribution in [2.24, 2.45) is 0 Å². The first-order chi connectivity index (χ1) is 10.2. The third kappa shape index (κ3) is 3.03. The van der Waals surface area contributed by atoms with Crippen molar-refractivity contribution in [1.82, 2.24) is 20.3 Å². The lowest BCUT2D eigenvalue weighted by molar-refractivity contribution is 0.392. The summed E-state index contributed by atoms with van der Waals surface area (Å²) >= 11 is 0. The fraction of sp³-hybridized carbons (Fsp3) is 0.250. The monoisotopic (exact) mass is 282 g/mol. The van der Waals surface area contributed by atoms with Crippen molar-refractivity contribution in [3.63, 3.8) is 0 Å². The Bertz CT molecular complexity index is 695. The van der Waals surface area contributed by atoms with Crippen LogP contribution in [0.1, 0.15) is 22.6 Å². The smallest absolute Gasteiger partial charge is 0.138 e. The summed E-state index contributed by atoms with van der Waals surface area (Å²) in [5, 5.41) is 11.7. The summed E-state index contributed by atoms with van der Waals surface area (Å²) < 4.78 is 7.04. The van der Waals surface area contributed by atoms with Crippen LogP contribution >= 0.6 is 0 Å². The second-order valence-electron chi connectivity index (χ2n) is 5.03. The van der Waals surface area contributed by atoms with Crippen molar-refractivity contribution in [2.45, 2.75) is 26.9 Å². The van der Waals surface area contributed by atoms with Gasteiger partial charge in [0, 0.05) is 30.4 Å². The molecule has 5 nitrogen and oxygen atoms in total. The van der Waals surface area contributed by atoms with Gasteiger partial charge in [-0.3, -0.25) is 0 Å². The number of benzene rings is 1. The van der Waals surface area contributed by atoms with Gasteiger partial charge in [-0.25, -0.2) is 4.68 Å². The molecule has 0 atom stereocenters. The molecule has 0 aliphatic heterocycles. The van der Waals surface area contributed by atoms with E-state index in [1.165, 1.54) is 0 Å². The van der Waals surface area contributed by atoms with Crippen LogP contribution < -0.4 is 5.32 Å². The highest BCUT2D eigenvalue weighted by atomic mass is 16.5. The van der Waals surface area contributed by atoms with Gasteiger partial charge in [0.25, 0.3) is 0 Å². The number of hydrogen-bond acceptors (Lipinski definition) is 4. The van der Waals surface area contributed by atoms with E-state index >= 15 is 0 Å². The van der Waals surface area contributed by atoms with Crippen LogP contribution in [0.15, 0.2) is 47.2 Å². The highest BCUT2D eigenvalue weighted by Crippen LogP contribution is 2.12. The van der Waals surface area contributed by atoms with Gasteiger partial charge < -0.3 is 9.84 Å². The predicted octanol–water partition coefficient (Wildman–Crippen LogP) is 2.77. The Hall–Kier alpha value is -2.40. The Kier molecular flexibility index (Phi) is 3.83. The molecule has 2 aromatic heterocycles. The van der Waals surface area contributed by atoms with E-state index in [1.54, 1.807) is 0 Å². The maximum absolute atomic E-state index is 5.15. The molecule has 0 bridgehead atoms. The first-order valence-corrected chi connectivity index (χ1v) is 6.95. The van der Waals surface area contributed by atoms with Gasteiger partial charge in [-0.2, -0.15) is 5.10 Å². The van der Waals surface area contributed by atoms with E-state index in [1.807, 2.05) is 61.3 Å². The van der Waals surface area contributed by atoms with Crippen molar-refractivity contribution in [3.05, 3.63) is 65.3 Å². The average molecular weight is 282 g/mol. The maximum atomic E-state index is 5.15. The third-order valence-electron chi connectivity index (χ3n) is 3.47. The number of hydrogen-bond donors (Lipinski definition) is 1. The predicted molar refractivity (Wildman–Crippen MR) is 80.1 cm³/mol. The van der Waals surface area contributed by atoms with Crippen LogP contribution in [-0.2, 0) is 13.1 Å². The lowest BCUT2D eigenvalue weighted by Crippen LogP contribution is -2.13. The molecule has 0 saturated carbocycles. The quantitative estimate of drug-likeness (QED) is 0.782. The lowest BCUT2D eigenvalue weighted by atomic mass is 10.2. The maximum Gasteiger partial charge on any atom is 0.138 e. The number of aromatic nitrogens is 3.